The standard InChI is InChI=1S/C21H24ClF3N2O4S/c22-19-7-6-17(21(23,24)25)12-20(19)32(29,30)27-10-8-26(9-11-27)13-18(28)15-31-14-16-4-2-1-3-5-16/h1-7,12,18,28H,8-11,13-15H2. The lowest BCUT2D eigenvalue weighted by molar-refractivity contribution is -0.137. The quantitative estimate of drug-likeness (QED) is 0.612. The van der Waals surface area contributed by atoms with E-state index in [0.717, 1.165) is 22.0 Å². The van der Waals surface area contributed by atoms with Crippen LogP contribution in [0.5, 0.6) is 0 Å². The molecule has 0 aliphatic carbocycles. The Bertz CT molecular complexity index is 998. The number of alkyl halides is 3. The summed E-state index contributed by atoms with van der Waals surface area (Å²) >= 11 is 5.91. The van der Waals surface area contributed by atoms with Crippen molar-refractivity contribution in [1.29, 1.82) is 0 Å². The normalized spacial score (nSPS) is 17.4. The zero-order valence-corrected chi connectivity index (χ0v) is 18.7. The third kappa shape index (κ3) is 6.43. The predicted octanol–water partition coefficient (Wildman–Crippen LogP) is 3.24. The van der Waals surface area contributed by atoms with Crippen LogP contribution in [-0.2, 0) is 27.5 Å². The number of hydrogen-bond acceptors (Lipinski definition) is 5. The highest BCUT2D eigenvalue weighted by Crippen LogP contribution is 2.34. The lowest BCUT2D eigenvalue weighted by Gasteiger charge is -2.35. The van der Waals surface area contributed by atoms with Gasteiger partial charge in [-0.2, -0.15) is 17.5 Å². The Morgan fingerprint density at radius 2 is 1.72 bits per heavy atom. The van der Waals surface area contributed by atoms with Crippen molar-refractivity contribution in [1.82, 2.24) is 9.21 Å². The molecule has 0 amide bonds. The summed E-state index contributed by atoms with van der Waals surface area (Å²) in [5, 5.41) is 9.95. The molecule has 0 aromatic heterocycles. The number of rotatable bonds is 8. The molecule has 2 aromatic rings. The van der Waals surface area contributed by atoms with Gasteiger partial charge in [0.25, 0.3) is 0 Å². The molecule has 3 rings (SSSR count). The van der Waals surface area contributed by atoms with E-state index in [1.54, 1.807) is 0 Å². The molecule has 1 saturated heterocycles. The molecule has 1 N–H and O–H groups in total. The van der Waals surface area contributed by atoms with Gasteiger partial charge in [-0.1, -0.05) is 41.9 Å². The van der Waals surface area contributed by atoms with Gasteiger partial charge < -0.3 is 9.84 Å². The second-order valence-corrected chi connectivity index (χ2v) is 9.82. The van der Waals surface area contributed by atoms with Crippen LogP contribution in [0, 0.1) is 0 Å². The first-order valence-corrected chi connectivity index (χ1v) is 11.8. The summed E-state index contributed by atoms with van der Waals surface area (Å²) in [5.41, 5.74) is -0.0792. The van der Waals surface area contributed by atoms with E-state index in [4.69, 9.17) is 16.3 Å². The number of benzene rings is 2. The van der Waals surface area contributed by atoms with Gasteiger partial charge in [-0.05, 0) is 23.8 Å². The Balaban J connectivity index is 1.52. The fraction of sp³-hybridized carbons (Fsp3) is 0.429. The van der Waals surface area contributed by atoms with Crippen LogP contribution in [0.2, 0.25) is 5.02 Å². The average molecular weight is 493 g/mol. The first-order chi connectivity index (χ1) is 15.1. The van der Waals surface area contributed by atoms with E-state index in [9.17, 15) is 26.7 Å². The average Bonchev–Trinajstić information content (AvgIpc) is 2.74. The number of β-amino-alcohol motifs (C(OH)–C–C–N with tert-alkyl or cyclic N) is 1. The fourth-order valence-corrected chi connectivity index (χ4v) is 5.33. The summed E-state index contributed by atoms with van der Waals surface area (Å²) in [6.07, 6.45) is -5.42. The van der Waals surface area contributed by atoms with Crippen molar-refractivity contribution in [3.63, 3.8) is 0 Å². The molecular weight excluding hydrogens is 469 g/mol. The van der Waals surface area contributed by atoms with E-state index >= 15 is 0 Å². The van der Waals surface area contributed by atoms with Crippen molar-refractivity contribution in [3.05, 3.63) is 64.7 Å². The molecule has 0 bridgehead atoms. The minimum Gasteiger partial charge on any atom is -0.389 e. The molecule has 1 unspecified atom stereocenters. The number of hydrogen-bond donors (Lipinski definition) is 1. The Kier molecular flexibility index (Phi) is 8.18. The molecule has 1 aliphatic heterocycles. The number of halogens is 4. The molecule has 0 saturated carbocycles. The zero-order chi connectivity index (χ0) is 23.4. The number of sulfonamides is 1. The lowest BCUT2D eigenvalue weighted by Crippen LogP contribution is -2.50. The highest BCUT2D eigenvalue weighted by Gasteiger charge is 2.35. The maximum absolute atomic E-state index is 13.0. The Morgan fingerprint density at radius 1 is 1.06 bits per heavy atom. The van der Waals surface area contributed by atoms with Crippen LogP contribution in [0.25, 0.3) is 0 Å². The van der Waals surface area contributed by atoms with Gasteiger partial charge in [0, 0.05) is 32.7 Å². The summed E-state index contributed by atoms with van der Waals surface area (Å²) in [7, 11) is -4.18. The Hall–Kier alpha value is -1.69. The lowest BCUT2D eigenvalue weighted by atomic mass is 10.2. The van der Waals surface area contributed by atoms with E-state index in [2.05, 4.69) is 0 Å². The number of nitrogens with zero attached hydrogens (tertiary/aromatic N) is 2. The Labute approximate surface area is 190 Å². The summed E-state index contributed by atoms with van der Waals surface area (Å²) in [4.78, 5) is 1.33. The van der Waals surface area contributed by atoms with Crippen LogP contribution in [0.3, 0.4) is 0 Å². The second kappa shape index (κ2) is 10.5. The van der Waals surface area contributed by atoms with Crippen LogP contribution in [0.15, 0.2) is 53.4 Å². The van der Waals surface area contributed by atoms with Gasteiger partial charge >= 0.3 is 6.18 Å². The van der Waals surface area contributed by atoms with Crippen molar-refractivity contribution in [2.75, 3.05) is 39.3 Å². The largest absolute Gasteiger partial charge is 0.416 e. The molecule has 1 aliphatic rings. The molecular formula is C21H24ClF3N2O4S. The number of aliphatic hydroxyl groups is 1. The smallest absolute Gasteiger partial charge is 0.389 e. The summed E-state index contributed by atoms with van der Waals surface area (Å²) in [6.45, 7) is 1.61. The SMILES string of the molecule is O=S(=O)(c1cc(C(F)(F)F)ccc1Cl)N1CCN(CC(O)COCc2ccccc2)CC1. The van der Waals surface area contributed by atoms with Crippen molar-refractivity contribution in [2.45, 2.75) is 23.8 Å². The van der Waals surface area contributed by atoms with Crippen molar-refractivity contribution >= 4 is 21.6 Å². The molecule has 1 fully saturated rings. The van der Waals surface area contributed by atoms with Crippen molar-refractivity contribution < 1.29 is 31.4 Å². The highest BCUT2D eigenvalue weighted by molar-refractivity contribution is 7.89. The third-order valence-electron chi connectivity index (χ3n) is 5.10. The zero-order valence-electron chi connectivity index (χ0n) is 17.1. The van der Waals surface area contributed by atoms with Gasteiger partial charge in [-0.3, -0.25) is 4.90 Å². The highest BCUT2D eigenvalue weighted by atomic mass is 35.5. The van der Waals surface area contributed by atoms with Crippen LogP contribution >= 0.6 is 11.6 Å². The minimum absolute atomic E-state index is 0.0759. The van der Waals surface area contributed by atoms with E-state index in [-0.39, 0.29) is 24.7 Å². The van der Waals surface area contributed by atoms with Gasteiger partial charge in [0.15, 0.2) is 0 Å². The summed E-state index contributed by atoms with van der Waals surface area (Å²) in [5.74, 6) is 0. The van der Waals surface area contributed by atoms with E-state index in [1.165, 1.54) is 0 Å². The van der Waals surface area contributed by atoms with Crippen LogP contribution < -0.4 is 0 Å². The van der Waals surface area contributed by atoms with Crippen LogP contribution in [0.1, 0.15) is 11.1 Å². The van der Waals surface area contributed by atoms with Gasteiger partial charge in [-0.25, -0.2) is 8.42 Å². The minimum atomic E-state index is -4.67. The summed E-state index contributed by atoms with van der Waals surface area (Å²) < 4.78 is 71.4. The van der Waals surface area contributed by atoms with Crippen LogP contribution in [0.4, 0.5) is 13.2 Å². The molecule has 11 heteroatoms. The monoisotopic (exact) mass is 492 g/mol. The second-order valence-electron chi connectivity index (χ2n) is 7.50. The number of piperazine rings is 1. The molecule has 1 heterocycles. The molecule has 32 heavy (non-hydrogen) atoms. The molecule has 176 valence electrons. The molecule has 0 spiro atoms. The number of ether oxygens (including phenoxy) is 1. The third-order valence-corrected chi connectivity index (χ3v) is 7.48. The summed E-state index contributed by atoms with van der Waals surface area (Å²) in [6, 6.07) is 11.8. The van der Waals surface area contributed by atoms with E-state index < -0.39 is 32.8 Å². The molecule has 2 aromatic carbocycles. The van der Waals surface area contributed by atoms with E-state index in [0.29, 0.717) is 32.3 Å². The van der Waals surface area contributed by atoms with Gasteiger partial charge in [0.2, 0.25) is 10.0 Å². The Morgan fingerprint density at radius 3 is 2.34 bits per heavy atom. The van der Waals surface area contributed by atoms with Gasteiger partial charge in [0.05, 0.1) is 29.9 Å². The maximum atomic E-state index is 13.0. The molecule has 6 nitrogen and oxygen atoms in total. The molecule has 1 atom stereocenters. The molecule has 0 radical (unpaired) electrons. The fourth-order valence-electron chi connectivity index (χ4n) is 3.41. The number of aliphatic hydroxyl groups excluding tert-OH is 1. The van der Waals surface area contributed by atoms with Crippen molar-refractivity contribution in [3.8, 4) is 0 Å². The first-order valence-electron chi connectivity index (χ1n) is 9.96. The maximum Gasteiger partial charge on any atom is 0.416 e. The van der Waals surface area contributed by atoms with Gasteiger partial charge in [0.1, 0.15) is 4.90 Å². The van der Waals surface area contributed by atoms with Crippen molar-refractivity contribution in [2.24, 2.45) is 0 Å². The van der Waals surface area contributed by atoms with E-state index in [1.807, 2.05) is 35.2 Å². The topological polar surface area (TPSA) is 70.1 Å². The van der Waals surface area contributed by atoms with Gasteiger partial charge in [-0.15, -0.1) is 0 Å². The predicted molar refractivity (Wildman–Crippen MR) is 114 cm³/mol. The first kappa shape index (κ1) is 24.9. The van der Waals surface area contributed by atoms with Crippen LogP contribution in [-0.4, -0.2) is 68.2 Å².